The summed E-state index contributed by atoms with van der Waals surface area (Å²) in [7, 11) is 0. The van der Waals surface area contributed by atoms with Crippen molar-refractivity contribution in [3.8, 4) is 0 Å². The van der Waals surface area contributed by atoms with E-state index in [2.05, 4.69) is 5.32 Å². The molecule has 0 saturated carbocycles. The van der Waals surface area contributed by atoms with Crippen LogP contribution in [0.3, 0.4) is 0 Å². The minimum absolute atomic E-state index is 0.0921. The Labute approximate surface area is 121 Å². The van der Waals surface area contributed by atoms with Crippen molar-refractivity contribution >= 4 is 5.91 Å². The number of amides is 1. The molecule has 3 heteroatoms. The van der Waals surface area contributed by atoms with Gasteiger partial charge in [0.05, 0.1) is 12.3 Å². The van der Waals surface area contributed by atoms with Gasteiger partial charge in [-0.3, -0.25) is 4.79 Å². The van der Waals surface area contributed by atoms with E-state index in [0.29, 0.717) is 12.1 Å². The van der Waals surface area contributed by atoms with Crippen molar-refractivity contribution in [1.82, 2.24) is 5.32 Å². The molecule has 1 aromatic carbocycles. The quantitative estimate of drug-likeness (QED) is 0.825. The maximum Gasteiger partial charge on any atom is 0.251 e. The van der Waals surface area contributed by atoms with Gasteiger partial charge in [-0.2, -0.15) is 0 Å². The molecule has 0 saturated heterocycles. The number of nitrogens with one attached hydrogen (secondary N) is 1. The highest BCUT2D eigenvalue weighted by Gasteiger charge is 2.08. The Morgan fingerprint density at radius 3 is 2.30 bits per heavy atom. The zero-order chi connectivity index (χ0) is 15.1. The van der Waals surface area contributed by atoms with Gasteiger partial charge in [0.15, 0.2) is 0 Å². The Kier molecular flexibility index (Phi) is 6.04. The Balaban J connectivity index is 2.67. The van der Waals surface area contributed by atoms with Gasteiger partial charge in [0.2, 0.25) is 0 Å². The molecule has 0 aliphatic carbocycles. The second-order valence-electron chi connectivity index (χ2n) is 4.97. The third kappa shape index (κ3) is 4.92. The van der Waals surface area contributed by atoms with Gasteiger partial charge in [-0.15, -0.1) is 0 Å². The molecule has 0 bridgehead atoms. The number of carbonyl (C=O) groups excluding carboxylic acids is 1. The van der Waals surface area contributed by atoms with E-state index in [0.717, 1.165) is 22.7 Å². The molecule has 1 N–H and O–H groups in total. The number of ether oxygens (including phenoxy) is 1. The molecule has 108 valence electrons. The van der Waals surface area contributed by atoms with Gasteiger partial charge in [-0.25, -0.2) is 0 Å². The first-order valence-electron chi connectivity index (χ1n) is 6.76. The van der Waals surface area contributed by atoms with Gasteiger partial charge in [-0.05, 0) is 58.4 Å². The van der Waals surface area contributed by atoms with Crippen LogP contribution in [0.15, 0.2) is 47.4 Å². The summed E-state index contributed by atoms with van der Waals surface area (Å²) in [5.41, 5.74) is 2.85. The molecule has 1 aromatic rings. The van der Waals surface area contributed by atoms with Crippen LogP contribution >= 0.6 is 0 Å². The Morgan fingerprint density at radius 1 is 1.20 bits per heavy atom. The van der Waals surface area contributed by atoms with E-state index in [-0.39, 0.29) is 5.91 Å². The second kappa shape index (κ2) is 7.53. The fourth-order valence-corrected chi connectivity index (χ4v) is 1.54. The van der Waals surface area contributed by atoms with Crippen molar-refractivity contribution in [2.24, 2.45) is 0 Å². The molecule has 0 aliphatic heterocycles. The van der Waals surface area contributed by atoms with Crippen LogP contribution < -0.4 is 5.32 Å². The molecule has 1 rings (SSSR count). The van der Waals surface area contributed by atoms with Gasteiger partial charge in [0, 0.05) is 5.56 Å². The summed E-state index contributed by atoms with van der Waals surface area (Å²) in [4.78, 5) is 12.0. The maximum atomic E-state index is 12.0. The molecule has 0 aromatic heterocycles. The molecule has 3 nitrogen and oxygen atoms in total. The van der Waals surface area contributed by atoms with Crippen molar-refractivity contribution in [2.75, 3.05) is 6.54 Å². The number of hydrogen-bond donors (Lipinski definition) is 1. The van der Waals surface area contributed by atoms with Gasteiger partial charge in [0.1, 0.15) is 5.76 Å². The molecule has 0 radical (unpaired) electrons. The minimum atomic E-state index is -0.0921. The van der Waals surface area contributed by atoms with Crippen molar-refractivity contribution < 1.29 is 9.53 Å². The molecular weight excluding hydrogens is 250 g/mol. The van der Waals surface area contributed by atoms with Crippen LogP contribution in [0.5, 0.6) is 0 Å². The van der Waals surface area contributed by atoms with Crippen LogP contribution in [0.25, 0.3) is 0 Å². The monoisotopic (exact) mass is 273 g/mol. The smallest absolute Gasteiger partial charge is 0.251 e. The molecule has 0 atom stereocenters. The molecule has 0 fully saturated rings. The third-order valence-corrected chi connectivity index (χ3v) is 2.97. The molecule has 0 heterocycles. The van der Waals surface area contributed by atoms with Crippen molar-refractivity contribution in [3.63, 3.8) is 0 Å². The van der Waals surface area contributed by atoms with Gasteiger partial charge >= 0.3 is 0 Å². The van der Waals surface area contributed by atoms with E-state index < -0.39 is 0 Å². The maximum absolute atomic E-state index is 12.0. The molecule has 0 unspecified atom stereocenters. The normalized spacial score (nSPS) is 10.9. The standard InChI is InChI=1S/C17H23NO2/c1-6-14(5)20-16(12(2)3)11-18-17(19)15-9-7-13(4)8-10-15/h6-10H,11H2,1-5H3,(H,18,19)/b14-6-. The molecule has 0 spiro atoms. The summed E-state index contributed by atoms with van der Waals surface area (Å²) in [5, 5.41) is 2.88. The van der Waals surface area contributed by atoms with E-state index in [9.17, 15) is 4.79 Å². The van der Waals surface area contributed by atoms with Crippen molar-refractivity contribution in [2.45, 2.75) is 34.6 Å². The predicted octanol–water partition coefficient (Wildman–Crippen LogP) is 3.96. The molecular formula is C17H23NO2. The second-order valence-corrected chi connectivity index (χ2v) is 4.97. The lowest BCUT2D eigenvalue weighted by molar-refractivity contribution is 0.0950. The topological polar surface area (TPSA) is 38.3 Å². The lowest BCUT2D eigenvalue weighted by atomic mass is 10.1. The van der Waals surface area contributed by atoms with E-state index in [1.54, 1.807) is 0 Å². The SMILES string of the molecule is C/C=C(/C)OC(CNC(=O)c1ccc(C)cc1)=C(C)C. The van der Waals surface area contributed by atoms with Crippen LogP contribution in [0.1, 0.15) is 43.6 Å². The number of rotatable bonds is 5. The zero-order valence-electron chi connectivity index (χ0n) is 12.9. The zero-order valence-corrected chi connectivity index (χ0v) is 12.9. The van der Waals surface area contributed by atoms with Crippen LogP contribution in [-0.2, 0) is 4.74 Å². The van der Waals surface area contributed by atoms with Gasteiger partial charge in [-0.1, -0.05) is 17.7 Å². The first-order chi connectivity index (χ1) is 9.43. The number of allylic oxidation sites excluding steroid dienone is 3. The Morgan fingerprint density at radius 2 is 1.80 bits per heavy atom. The van der Waals surface area contributed by atoms with Crippen LogP contribution in [0.4, 0.5) is 0 Å². The van der Waals surface area contributed by atoms with E-state index in [1.165, 1.54) is 0 Å². The fraction of sp³-hybridized carbons (Fsp3) is 0.353. The summed E-state index contributed by atoms with van der Waals surface area (Å²) in [5.74, 6) is 1.51. The summed E-state index contributed by atoms with van der Waals surface area (Å²) in [6.07, 6.45) is 1.89. The van der Waals surface area contributed by atoms with Crippen LogP contribution in [0, 0.1) is 6.92 Å². The summed E-state index contributed by atoms with van der Waals surface area (Å²) >= 11 is 0. The Hall–Kier alpha value is -2.03. The first-order valence-corrected chi connectivity index (χ1v) is 6.76. The fourth-order valence-electron chi connectivity index (χ4n) is 1.54. The van der Waals surface area contributed by atoms with Gasteiger partial charge in [0.25, 0.3) is 5.91 Å². The highest BCUT2D eigenvalue weighted by atomic mass is 16.5. The number of hydrogen-bond acceptors (Lipinski definition) is 2. The summed E-state index contributed by atoms with van der Waals surface area (Å²) < 4.78 is 5.69. The van der Waals surface area contributed by atoms with Crippen LogP contribution in [0.2, 0.25) is 0 Å². The first kappa shape index (κ1) is 16.0. The molecule has 0 aliphatic rings. The lowest BCUT2D eigenvalue weighted by Gasteiger charge is -2.13. The third-order valence-electron chi connectivity index (χ3n) is 2.97. The Bertz CT molecular complexity index is 520. The van der Waals surface area contributed by atoms with E-state index >= 15 is 0 Å². The minimum Gasteiger partial charge on any atom is -0.465 e. The number of aryl methyl sites for hydroxylation is 1. The summed E-state index contributed by atoms with van der Waals surface area (Å²) in [6, 6.07) is 7.50. The van der Waals surface area contributed by atoms with Gasteiger partial charge < -0.3 is 10.1 Å². The van der Waals surface area contributed by atoms with E-state index in [1.807, 2.05) is 65.0 Å². The lowest BCUT2D eigenvalue weighted by Crippen LogP contribution is -2.26. The highest BCUT2D eigenvalue weighted by Crippen LogP contribution is 2.10. The average molecular weight is 273 g/mol. The van der Waals surface area contributed by atoms with Crippen molar-refractivity contribution in [3.05, 3.63) is 58.6 Å². The average Bonchev–Trinajstić information content (AvgIpc) is 2.43. The van der Waals surface area contributed by atoms with Crippen molar-refractivity contribution in [1.29, 1.82) is 0 Å². The van der Waals surface area contributed by atoms with Crippen LogP contribution in [-0.4, -0.2) is 12.5 Å². The largest absolute Gasteiger partial charge is 0.465 e. The number of benzene rings is 1. The van der Waals surface area contributed by atoms with E-state index in [4.69, 9.17) is 4.74 Å². The molecule has 20 heavy (non-hydrogen) atoms. The highest BCUT2D eigenvalue weighted by molar-refractivity contribution is 5.94. The molecule has 1 amide bonds. The predicted molar refractivity (Wildman–Crippen MR) is 82.4 cm³/mol. The number of carbonyl (C=O) groups is 1. The summed E-state index contributed by atoms with van der Waals surface area (Å²) in [6.45, 7) is 10.1.